The zero-order chi connectivity index (χ0) is 16.9. The van der Waals surface area contributed by atoms with Crippen molar-refractivity contribution in [3.8, 4) is 0 Å². The molecule has 0 saturated heterocycles. The molecule has 2 aromatic rings. The molecule has 0 unspecified atom stereocenters. The summed E-state index contributed by atoms with van der Waals surface area (Å²) in [5, 5.41) is 4.27. The molecule has 1 aromatic heterocycles. The first-order valence-corrected chi connectivity index (χ1v) is 8.46. The Hall–Kier alpha value is -2.60. The minimum absolute atomic E-state index is 0.250. The van der Waals surface area contributed by atoms with Gasteiger partial charge in [-0.15, -0.1) is 11.8 Å². The van der Waals surface area contributed by atoms with E-state index in [1.165, 1.54) is 16.7 Å². The number of ether oxygens (including phenoxy) is 1. The second kappa shape index (κ2) is 7.31. The molecular weight excluding hydrogens is 324 g/mol. The van der Waals surface area contributed by atoms with Crippen molar-refractivity contribution >= 4 is 29.7 Å². The van der Waals surface area contributed by atoms with Crippen LogP contribution >= 0.6 is 11.8 Å². The number of rotatable bonds is 4. The van der Waals surface area contributed by atoms with E-state index in [4.69, 9.17) is 0 Å². The molecule has 122 valence electrons. The van der Waals surface area contributed by atoms with Gasteiger partial charge in [-0.1, -0.05) is 6.08 Å². The van der Waals surface area contributed by atoms with E-state index < -0.39 is 5.97 Å². The van der Waals surface area contributed by atoms with Gasteiger partial charge in [0.25, 0.3) is 5.91 Å². The number of hydrogen-bond donors (Lipinski definition) is 0. The molecule has 1 aliphatic rings. The number of carbonyl (C=O) groups excluding carboxylic acids is 2. The number of hydrogen-bond acceptors (Lipinski definition) is 5. The first-order chi connectivity index (χ1) is 11.7. The van der Waals surface area contributed by atoms with Crippen molar-refractivity contribution in [1.82, 2.24) is 9.78 Å². The summed E-state index contributed by atoms with van der Waals surface area (Å²) >= 11 is 1.81. The summed E-state index contributed by atoms with van der Waals surface area (Å²) in [5.74, 6) is 0.439. The van der Waals surface area contributed by atoms with Crippen LogP contribution < -0.4 is 0 Å². The van der Waals surface area contributed by atoms with Crippen molar-refractivity contribution < 1.29 is 14.3 Å². The first kappa shape index (κ1) is 16.3. The predicted octanol–water partition coefficient (Wildman–Crippen LogP) is 3.39. The molecule has 0 N–H and O–H groups in total. The average Bonchev–Trinajstić information content (AvgIpc) is 3.30. The Kier molecular flexibility index (Phi) is 4.96. The number of methoxy groups -OCH3 is 1. The standard InChI is InChI=1S/C18H16N2O3S/c1-23-18(22)14-6-4-13(5-7-14)17(21)20-11-10-15(19-20)8-9-16-3-2-12-24-16/h3-11H,2,12H2,1H3/b9-8+. The van der Waals surface area contributed by atoms with Crippen LogP contribution in [-0.4, -0.2) is 34.5 Å². The van der Waals surface area contributed by atoms with Gasteiger partial charge in [0.2, 0.25) is 0 Å². The second-order valence-electron chi connectivity index (χ2n) is 5.14. The third kappa shape index (κ3) is 3.65. The molecule has 0 radical (unpaired) electrons. The molecule has 1 aliphatic heterocycles. The SMILES string of the molecule is COC(=O)c1ccc(C(=O)n2ccc(/C=C/C3=CCCS3)n2)cc1. The molecule has 0 aliphatic carbocycles. The third-order valence-electron chi connectivity index (χ3n) is 3.52. The lowest BCUT2D eigenvalue weighted by atomic mass is 10.1. The van der Waals surface area contributed by atoms with Crippen molar-refractivity contribution in [2.24, 2.45) is 0 Å². The normalized spacial score (nSPS) is 14.0. The van der Waals surface area contributed by atoms with Gasteiger partial charge < -0.3 is 4.74 Å². The van der Waals surface area contributed by atoms with Crippen molar-refractivity contribution in [2.45, 2.75) is 6.42 Å². The topological polar surface area (TPSA) is 61.2 Å². The molecule has 0 saturated carbocycles. The number of benzene rings is 1. The highest BCUT2D eigenvalue weighted by atomic mass is 32.2. The smallest absolute Gasteiger partial charge is 0.337 e. The van der Waals surface area contributed by atoms with E-state index in [2.05, 4.69) is 15.9 Å². The number of nitrogens with zero attached hydrogens (tertiary/aromatic N) is 2. The fourth-order valence-electron chi connectivity index (χ4n) is 2.26. The highest BCUT2D eigenvalue weighted by Crippen LogP contribution is 2.26. The van der Waals surface area contributed by atoms with E-state index in [9.17, 15) is 9.59 Å². The number of aromatic nitrogens is 2. The lowest BCUT2D eigenvalue weighted by Crippen LogP contribution is -2.13. The van der Waals surface area contributed by atoms with Crippen LogP contribution in [0.2, 0.25) is 0 Å². The first-order valence-electron chi connectivity index (χ1n) is 7.47. The largest absolute Gasteiger partial charge is 0.465 e. The Morgan fingerprint density at radius 2 is 1.92 bits per heavy atom. The van der Waals surface area contributed by atoms with Crippen molar-refractivity contribution in [1.29, 1.82) is 0 Å². The number of esters is 1. The lowest BCUT2D eigenvalue weighted by Gasteiger charge is -2.02. The molecule has 0 atom stereocenters. The zero-order valence-electron chi connectivity index (χ0n) is 13.1. The number of thioether (sulfide) groups is 1. The molecule has 6 heteroatoms. The van der Waals surface area contributed by atoms with Crippen LogP contribution in [0.15, 0.2) is 53.6 Å². The van der Waals surface area contributed by atoms with Gasteiger partial charge in [-0.05, 0) is 48.9 Å². The van der Waals surface area contributed by atoms with Gasteiger partial charge >= 0.3 is 5.97 Å². The quantitative estimate of drug-likeness (QED) is 0.799. The van der Waals surface area contributed by atoms with Crippen molar-refractivity contribution in [3.63, 3.8) is 0 Å². The molecule has 0 spiro atoms. The van der Waals surface area contributed by atoms with Gasteiger partial charge in [0, 0.05) is 22.4 Å². The highest BCUT2D eigenvalue weighted by Gasteiger charge is 2.12. The van der Waals surface area contributed by atoms with Gasteiger partial charge in [0.1, 0.15) is 0 Å². The van der Waals surface area contributed by atoms with Crippen LogP contribution in [0, 0.1) is 0 Å². The second-order valence-corrected chi connectivity index (χ2v) is 6.30. The van der Waals surface area contributed by atoms with Crippen LogP contribution in [0.4, 0.5) is 0 Å². The van der Waals surface area contributed by atoms with E-state index in [0.717, 1.165) is 17.9 Å². The fraction of sp³-hybridized carbons (Fsp3) is 0.167. The summed E-state index contributed by atoms with van der Waals surface area (Å²) in [6.07, 6.45) is 8.83. The fourth-order valence-corrected chi connectivity index (χ4v) is 3.13. The van der Waals surface area contributed by atoms with E-state index in [-0.39, 0.29) is 5.91 Å². The molecule has 0 bridgehead atoms. The molecule has 1 aromatic carbocycles. The molecule has 24 heavy (non-hydrogen) atoms. The van der Waals surface area contributed by atoms with Crippen LogP contribution in [-0.2, 0) is 4.74 Å². The summed E-state index contributed by atoms with van der Waals surface area (Å²) in [5.41, 5.74) is 1.58. The molecule has 2 heterocycles. The Morgan fingerprint density at radius 1 is 1.17 bits per heavy atom. The van der Waals surface area contributed by atoms with Crippen LogP contribution in [0.3, 0.4) is 0 Å². The average molecular weight is 340 g/mol. The lowest BCUT2D eigenvalue weighted by molar-refractivity contribution is 0.0600. The van der Waals surface area contributed by atoms with Crippen LogP contribution in [0.25, 0.3) is 6.08 Å². The van der Waals surface area contributed by atoms with Gasteiger partial charge in [0.05, 0.1) is 18.4 Å². The third-order valence-corrected chi connectivity index (χ3v) is 4.60. The molecule has 3 rings (SSSR count). The van der Waals surface area contributed by atoms with Crippen LogP contribution in [0.1, 0.15) is 32.8 Å². The number of carbonyl (C=O) groups is 2. The number of allylic oxidation sites excluding steroid dienone is 2. The van der Waals surface area contributed by atoms with Crippen LogP contribution in [0.5, 0.6) is 0 Å². The maximum Gasteiger partial charge on any atom is 0.337 e. The zero-order valence-corrected chi connectivity index (χ0v) is 14.0. The maximum absolute atomic E-state index is 12.4. The van der Waals surface area contributed by atoms with Crippen molar-refractivity contribution in [2.75, 3.05) is 12.9 Å². The molecule has 0 amide bonds. The summed E-state index contributed by atoms with van der Waals surface area (Å²) < 4.78 is 5.93. The summed E-state index contributed by atoms with van der Waals surface area (Å²) in [6.45, 7) is 0. The Morgan fingerprint density at radius 3 is 2.58 bits per heavy atom. The van der Waals surface area contributed by atoms with Gasteiger partial charge in [-0.25, -0.2) is 9.48 Å². The maximum atomic E-state index is 12.4. The van der Waals surface area contributed by atoms with E-state index in [0.29, 0.717) is 11.1 Å². The Bertz CT molecular complexity index is 819. The van der Waals surface area contributed by atoms with Gasteiger partial charge in [-0.2, -0.15) is 5.10 Å². The van der Waals surface area contributed by atoms with E-state index >= 15 is 0 Å². The minimum atomic E-state index is -0.431. The summed E-state index contributed by atoms with van der Waals surface area (Å²) in [6, 6.07) is 8.09. The Labute approximate surface area is 144 Å². The molecular formula is C18H16N2O3S. The van der Waals surface area contributed by atoms with Gasteiger partial charge in [-0.3, -0.25) is 4.79 Å². The summed E-state index contributed by atoms with van der Waals surface area (Å²) in [4.78, 5) is 25.1. The van der Waals surface area contributed by atoms with Gasteiger partial charge in [0.15, 0.2) is 0 Å². The predicted molar refractivity (Wildman–Crippen MR) is 93.9 cm³/mol. The monoisotopic (exact) mass is 340 g/mol. The highest BCUT2D eigenvalue weighted by molar-refractivity contribution is 8.03. The minimum Gasteiger partial charge on any atom is -0.465 e. The van der Waals surface area contributed by atoms with E-state index in [1.807, 2.05) is 23.9 Å². The van der Waals surface area contributed by atoms with Crippen molar-refractivity contribution in [3.05, 3.63) is 70.4 Å². The molecule has 5 nitrogen and oxygen atoms in total. The summed E-state index contributed by atoms with van der Waals surface area (Å²) in [7, 11) is 1.32. The Balaban J connectivity index is 1.72. The van der Waals surface area contributed by atoms with E-state index in [1.54, 1.807) is 36.5 Å². The molecule has 0 fully saturated rings.